The van der Waals surface area contributed by atoms with Crippen LogP contribution in [0.3, 0.4) is 0 Å². The molecule has 3 aromatic carbocycles. The van der Waals surface area contributed by atoms with Crippen LogP contribution in [0.1, 0.15) is 35.1 Å². The molecule has 0 fully saturated rings. The molecule has 0 saturated carbocycles. The minimum atomic E-state index is -0.0761. The van der Waals surface area contributed by atoms with Gasteiger partial charge in [-0.2, -0.15) is 0 Å². The molecular formula is C31H32O3. The van der Waals surface area contributed by atoms with Crippen LogP contribution in [-0.4, -0.2) is 24.4 Å². The summed E-state index contributed by atoms with van der Waals surface area (Å²) in [4.78, 5) is 0. The van der Waals surface area contributed by atoms with Gasteiger partial charge >= 0.3 is 0 Å². The number of phenolic OH excluding ortho intramolecular Hbond substituents is 1. The molecule has 0 aliphatic heterocycles. The Balaban J connectivity index is 1.41. The lowest BCUT2D eigenvalue weighted by atomic mass is 10.1. The smallest absolute Gasteiger partial charge is 0.119 e. The third-order valence-electron chi connectivity index (χ3n) is 5.23. The van der Waals surface area contributed by atoms with Gasteiger partial charge in [0, 0.05) is 6.61 Å². The highest BCUT2D eigenvalue weighted by molar-refractivity contribution is 5.73. The summed E-state index contributed by atoms with van der Waals surface area (Å²) in [6, 6.07) is 23.6. The number of rotatable bonds is 13. The third-order valence-corrected chi connectivity index (χ3v) is 5.23. The Labute approximate surface area is 203 Å². The average Bonchev–Trinajstić information content (AvgIpc) is 2.88. The predicted molar refractivity (Wildman–Crippen MR) is 144 cm³/mol. The van der Waals surface area contributed by atoms with E-state index in [1.54, 1.807) is 24.3 Å². The van der Waals surface area contributed by atoms with Crippen LogP contribution in [-0.2, 0) is 4.74 Å². The van der Waals surface area contributed by atoms with Crippen molar-refractivity contribution < 1.29 is 14.6 Å². The van der Waals surface area contributed by atoms with Gasteiger partial charge in [-0.1, -0.05) is 85.0 Å². The molecule has 0 unspecified atom stereocenters. The van der Waals surface area contributed by atoms with Crippen molar-refractivity contribution in [2.75, 3.05) is 13.2 Å². The Hall–Kier alpha value is -3.82. The van der Waals surface area contributed by atoms with Crippen molar-refractivity contribution in [2.24, 2.45) is 0 Å². The van der Waals surface area contributed by atoms with E-state index in [4.69, 9.17) is 9.47 Å². The highest BCUT2D eigenvalue weighted by Gasteiger charge is 1.99. The van der Waals surface area contributed by atoms with Crippen molar-refractivity contribution in [2.45, 2.75) is 18.9 Å². The number of aromatic hydroxyl groups is 1. The Bertz CT molecular complexity index is 1070. The fourth-order valence-electron chi connectivity index (χ4n) is 3.21. The second kappa shape index (κ2) is 13.7. The van der Waals surface area contributed by atoms with Crippen molar-refractivity contribution in [1.29, 1.82) is 0 Å². The monoisotopic (exact) mass is 452 g/mol. The normalized spacial score (nSPS) is 11.3. The summed E-state index contributed by atoms with van der Waals surface area (Å²) >= 11 is 0. The predicted octanol–water partition coefficient (Wildman–Crippen LogP) is 7.65. The molecule has 3 nitrogen and oxygen atoms in total. The van der Waals surface area contributed by atoms with E-state index in [2.05, 4.69) is 67.8 Å². The highest BCUT2D eigenvalue weighted by atomic mass is 16.5. The van der Waals surface area contributed by atoms with Crippen LogP contribution in [0.5, 0.6) is 11.5 Å². The van der Waals surface area contributed by atoms with E-state index in [0.29, 0.717) is 13.2 Å². The summed E-state index contributed by atoms with van der Waals surface area (Å²) < 4.78 is 11.4. The lowest BCUT2D eigenvalue weighted by Gasteiger charge is -2.09. The number of hydrogen-bond acceptors (Lipinski definition) is 3. The van der Waals surface area contributed by atoms with Gasteiger partial charge in [0.1, 0.15) is 11.5 Å². The zero-order valence-corrected chi connectivity index (χ0v) is 19.5. The summed E-state index contributed by atoms with van der Waals surface area (Å²) in [6.45, 7) is 8.76. The fourth-order valence-corrected chi connectivity index (χ4v) is 3.21. The molecular weight excluding hydrogens is 420 g/mol. The van der Waals surface area contributed by atoms with Crippen molar-refractivity contribution in [3.63, 3.8) is 0 Å². The number of benzene rings is 3. The average molecular weight is 453 g/mol. The molecule has 3 rings (SSSR count). The maximum Gasteiger partial charge on any atom is 0.119 e. The van der Waals surface area contributed by atoms with Crippen molar-refractivity contribution in [3.05, 3.63) is 120 Å². The third kappa shape index (κ3) is 8.61. The highest BCUT2D eigenvalue weighted by Crippen LogP contribution is 2.17. The van der Waals surface area contributed by atoms with E-state index < -0.39 is 0 Å². The fraction of sp³-hybridized carbons (Fsp3) is 0.161. The first-order valence-electron chi connectivity index (χ1n) is 11.5. The number of ether oxygens (including phenoxy) is 2. The van der Waals surface area contributed by atoms with Gasteiger partial charge in [-0.05, 0) is 59.4 Å². The van der Waals surface area contributed by atoms with E-state index in [9.17, 15) is 5.11 Å². The van der Waals surface area contributed by atoms with Gasteiger partial charge in [-0.15, -0.1) is 13.2 Å². The van der Waals surface area contributed by atoms with E-state index in [1.807, 2.05) is 30.3 Å². The first-order valence-corrected chi connectivity index (χ1v) is 11.5. The first kappa shape index (κ1) is 24.8. The molecule has 34 heavy (non-hydrogen) atoms. The summed E-state index contributed by atoms with van der Waals surface area (Å²) in [5, 5.41) is 9.36. The Morgan fingerprint density at radius 3 is 1.50 bits per heavy atom. The molecule has 0 bridgehead atoms. The van der Waals surface area contributed by atoms with E-state index in [1.165, 1.54) is 0 Å². The van der Waals surface area contributed by atoms with Gasteiger partial charge in [-0.25, -0.2) is 0 Å². The molecule has 0 heterocycles. The zero-order chi connectivity index (χ0) is 24.0. The van der Waals surface area contributed by atoms with Gasteiger partial charge in [0.05, 0.1) is 12.7 Å². The summed E-state index contributed by atoms with van der Waals surface area (Å²) in [5.41, 5.74) is 4.43. The van der Waals surface area contributed by atoms with Crippen LogP contribution in [0.4, 0.5) is 0 Å². The molecule has 0 aliphatic rings. The van der Waals surface area contributed by atoms with Crippen molar-refractivity contribution in [1.82, 2.24) is 0 Å². The van der Waals surface area contributed by atoms with Crippen LogP contribution in [0.25, 0.3) is 24.3 Å². The Kier molecular flexibility index (Phi) is 9.97. The minimum absolute atomic E-state index is 0.0761. The second-order valence-corrected chi connectivity index (χ2v) is 7.86. The molecule has 0 spiro atoms. The molecule has 174 valence electrons. The van der Waals surface area contributed by atoms with E-state index >= 15 is 0 Å². The Morgan fingerprint density at radius 2 is 1.03 bits per heavy atom. The summed E-state index contributed by atoms with van der Waals surface area (Å²) in [5.74, 6) is 1.15. The molecule has 1 N–H and O–H groups in total. The second-order valence-electron chi connectivity index (χ2n) is 7.86. The number of phenols is 1. The van der Waals surface area contributed by atoms with E-state index in [0.717, 1.165) is 40.8 Å². The van der Waals surface area contributed by atoms with Crippen molar-refractivity contribution >= 4 is 24.3 Å². The molecule has 0 aliphatic carbocycles. The molecule has 3 heteroatoms. The molecule has 0 aromatic heterocycles. The zero-order valence-electron chi connectivity index (χ0n) is 19.5. The number of unbranched alkanes of at least 4 members (excludes halogenated alkanes) is 1. The van der Waals surface area contributed by atoms with Crippen LogP contribution < -0.4 is 4.74 Å². The Morgan fingerprint density at radius 1 is 0.618 bits per heavy atom. The molecule has 0 atom stereocenters. The van der Waals surface area contributed by atoms with Crippen LogP contribution in [0.2, 0.25) is 0 Å². The standard InChI is InChI=1S/C31H32O3/c1-3-30(4-2)33-23-5-6-24-34-31-21-17-28(18-22-31)14-12-26-9-7-25(8-10-26)11-13-27-15-19-29(32)20-16-27/h3-4,7-22,30,32H,1-2,5-6,23-24H2/b13-11+,14-12+. The van der Waals surface area contributed by atoms with Crippen molar-refractivity contribution in [3.8, 4) is 11.5 Å². The summed E-state index contributed by atoms with van der Waals surface area (Å²) in [6.07, 6.45) is 13.6. The molecule has 0 radical (unpaired) electrons. The maximum absolute atomic E-state index is 9.36. The van der Waals surface area contributed by atoms with Crippen LogP contribution in [0.15, 0.2) is 98.1 Å². The molecule has 0 saturated heterocycles. The largest absolute Gasteiger partial charge is 0.508 e. The molecule has 3 aromatic rings. The SMILES string of the molecule is C=CC(C=C)OCCCCOc1ccc(/C=C/c2ccc(/C=C/c3ccc(O)cc3)cc2)cc1. The van der Waals surface area contributed by atoms with Gasteiger partial charge in [0.2, 0.25) is 0 Å². The minimum Gasteiger partial charge on any atom is -0.508 e. The van der Waals surface area contributed by atoms with Gasteiger partial charge < -0.3 is 14.6 Å². The van der Waals surface area contributed by atoms with Gasteiger partial charge in [0.15, 0.2) is 0 Å². The number of hydrogen-bond donors (Lipinski definition) is 1. The van der Waals surface area contributed by atoms with Gasteiger partial charge in [-0.3, -0.25) is 0 Å². The summed E-state index contributed by atoms with van der Waals surface area (Å²) in [7, 11) is 0. The quantitative estimate of drug-likeness (QED) is 0.164. The lowest BCUT2D eigenvalue weighted by Crippen LogP contribution is -2.08. The van der Waals surface area contributed by atoms with Gasteiger partial charge in [0.25, 0.3) is 0 Å². The first-order chi connectivity index (χ1) is 16.7. The maximum atomic E-state index is 9.36. The topological polar surface area (TPSA) is 38.7 Å². The molecule has 0 amide bonds. The van der Waals surface area contributed by atoms with Crippen LogP contribution >= 0.6 is 0 Å². The van der Waals surface area contributed by atoms with E-state index in [-0.39, 0.29) is 11.9 Å². The lowest BCUT2D eigenvalue weighted by molar-refractivity contribution is 0.109. The van der Waals surface area contributed by atoms with Crippen LogP contribution in [0, 0.1) is 0 Å².